The molecule has 0 amide bonds. The summed E-state index contributed by atoms with van der Waals surface area (Å²) in [5.74, 6) is 0. The molecule has 1 aromatic rings. The van der Waals surface area contributed by atoms with Crippen molar-refractivity contribution >= 4 is 51.4 Å². The maximum atomic E-state index is 3.56. The van der Waals surface area contributed by atoms with Gasteiger partial charge in [0.05, 0.1) is 0 Å². The predicted octanol–water partition coefficient (Wildman–Crippen LogP) is -0.777. The molecule has 0 bridgehead atoms. The van der Waals surface area contributed by atoms with Gasteiger partial charge in [-0.2, -0.15) is 0 Å². The van der Waals surface area contributed by atoms with E-state index in [1.807, 2.05) is 0 Å². The summed E-state index contributed by atoms with van der Waals surface area (Å²) in [6, 6.07) is 0. The van der Waals surface area contributed by atoms with Gasteiger partial charge in [-0.1, -0.05) is 0 Å². The summed E-state index contributed by atoms with van der Waals surface area (Å²) in [7, 11) is 0. The van der Waals surface area contributed by atoms with E-state index in [0.717, 1.165) is 0 Å². The van der Waals surface area contributed by atoms with Crippen LogP contribution in [0.5, 0.6) is 0 Å². The van der Waals surface area contributed by atoms with E-state index in [2.05, 4.69) is 15.0 Å². The standard InChI is InChI=1S/C3H3N3.K.H/c1-4-2-6-3-5-1;;/h1-3H;;. The van der Waals surface area contributed by atoms with Gasteiger partial charge in [0.1, 0.15) is 19.0 Å². The maximum Gasteiger partial charge on any atom is 0.119 e. The van der Waals surface area contributed by atoms with Crippen molar-refractivity contribution < 1.29 is 0 Å². The van der Waals surface area contributed by atoms with Gasteiger partial charge in [-0.25, -0.2) is 15.0 Å². The number of rotatable bonds is 0. The largest absolute Gasteiger partial charge is 0.225 e. The van der Waals surface area contributed by atoms with Gasteiger partial charge in [-0.05, 0) is 0 Å². The zero-order valence-electron chi connectivity index (χ0n) is 3.07. The van der Waals surface area contributed by atoms with E-state index in [9.17, 15) is 0 Å². The summed E-state index contributed by atoms with van der Waals surface area (Å²) in [6.45, 7) is 0. The molecular formula is C3H4KN3. The summed E-state index contributed by atoms with van der Waals surface area (Å²) in [5.41, 5.74) is 0. The van der Waals surface area contributed by atoms with E-state index in [0.29, 0.717) is 0 Å². The van der Waals surface area contributed by atoms with Crippen LogP contribution in [0.3, 0.4) is 0 Å². The molecule has 0 aliphatic rings. The van der Waals surface area contributed by atoms with Gasteiger partial charge >= 0.3 is 51.4 Å². The Morgan fingerprint density at radius 3 is 1.14 bits per heavy atom. The summed E-state index contributed by atoms with van der Waals surface area (Å²) in [6.07, 6.45) is 4.31. The number of nitrogens with zero attached hydrogens (tertiary/aromatic N) is 3. The zero-order chi connectivity index (χ0) is 4.24. The van der Waals surface area contributed by atoms with Crippen molar-refractivity contribution in [2.75, 3.05) is 0 Å². The molecule has 0 unspecified atom stereocenters. The van der Waals surface area contributed by atoms with E-state index >= 15 is 0 Å². The molecule has 1 aromatic heterocycles. The Morgan fingerprint density at radius 1 is 0.714 bits per heavy atom. The molecule has 7 heavy (non-hydrogen) atoms. The molecule has 0 saturated carbocycles. The van der Waals surface area contributed by atoms with Crippen LogP contribution in [0.25, 0.3) is 0 Å². The second-order valence-corrected chi connectivity index (χ2v) is 0.794. The topological polar surface area (TPSA) is 38.7 Å². The Hall–Kier alpha value is 0.646. The Kier molecular flexibility index (Phi) is 5.24. The van der Waals surface area contributed by atoms with Crippen LogP contribution in [-0.2, 0) is 0 Å². The number of hydrogen-bond donors (Lipinski definition) is 0. The quantitative estimate of drug-likeness (QED) is 0.423. The normalized spacial score (nSPS) is 6.86. The van der Waals surface area contributed by atoms with E-state index in [4.69, 9.17) is 0 Å². The van der Waals surface area contributed by atoms with Gasteiger partial charge in [-0.15, -0.1) is 0 Å². The molecular weight excluding hydrogens is 117 g/mol. The van der Waals surface area contributed by atoms with Gasteiger partial charge in [0.15, 0.2) is 0 Å². The van der Waals surface area contributed by atoms with Crippen LogP contribution >= 0.6 is 0 Å². The van der Waals surface area contributed by atoms with Gasteiger partial charge in [0.25, 0.3) is 0 Å². The Labute approximate surface area is 84.0 Å². The average Bonchev–Trinajstić information content (AvgIpc) is 1.72. The molecule has 1 heterocycles. The van der Waals surface area contributed by atoms with Crippen LogP contribution in [0.15, 0.2) is 19.0 Å². The minimum absolute atomic E-state index is 0. The van der Waals surface area contributed by atoms with Gasteiger partial charge < -0.3 is 0 Å². The number of aromatic nitrogens is 3. The molecule has 0 saturated heterocycles. The third-order valence-electron chi connectivity index (χ3n) is 0.400. The molecule has 32 valence electrons. The molecule has 0 N–H and O–H groups in total. The predicted molar refractivity (Wildman–Crippen MR) is 27.0 cm³/mol. The molecule has 4 heteroatoms. The van der Waals surface area contributed by atoms with Crippen molar-refractivity contribution in [3.63, 3.8) is 0 Å². The Bertz CT molecular complexity index is 82.1. The Balaban J connectivity index is 0.000000360. The second kappa shape index (κ2) is 4.80. The Morgan fingerprint density at radius 2 is 1.00 bits per heavy atom. The van der Waals surface area contributed by atoms with Crippen LogP contribution in [0.1, 0.15) is 0 Å². The van der Waals surface area contributed by atoms with Gasteiger partial charge in [0.2, 0.25) is 0 Å². The molecule has 3 nitrogen and oxygen atoms in total. The average molecular weight is 121 g/mol. The van der Waals surface area contributed by atoms with E-state index in [1.165, 1.54) is 19.0 Å². The molecule has 1 rings (SSSR count). The van der Waals surface area contributed by atoms with Crippen molar-refractivity contribution in [1.29, 1.82) is 0 Å². The number of hydrogen-bond acceptors (Lipinski definition) is 3. The van der Waals surface area contributed by atoms with Crippen LogP contribution in [0, 0.1) is 0 Å². The molecule has 0 aliphatic carbocycles. The molecule has 0 fully saturated rings. The van der Waals surface area contributed by atoms with Crippen LogP contribution in [0.4, 0.5) is 0 Å². The molecule has 0 radical (unpaired) electrons. The first-order valence-electron chi connectivity index (χ1n) is 1.55. The smallest absolute Gasteiger partial charge is 0.119 e. The van der Waals surface area contributed by atoms with Crippen LogP contribution in [-0.4, -0.2) is 66.3 Å². The van der Waals surface area contributed by atoms with Gasteiger partial charge in [-0.3, -0.25) is 0 Å². The van der Waals surface area contributed by atoms with Crippen LogP contribution < -0.4 is 0 Å². The molecule has 0 aliphatic heterocycles. The minimum Gasteiger partial charge on any atom is -0.225 e. The summed E-state index contributed by atoms with van der Waals surface area (Å²) in [5, 5.41) is 0. The molecule has 0 aromatic carbocycles. The summed E-state index contributed by atoms with van der Waals surface area (Å²) < 4.78 is 0. The van der Waals surface area contributed by atoms with Crippen molar-refractivity contribution in [3.8, 4) is 0 Å². The van der Waals surface area contributed by atoms with Crippen LogP contribution in [0.2, 0.25) is 0 Å². The summed E-state index contributed by atoms with van der Waals surface area (Å²) in [4.78, 5) is 10.7. The van der Waals surface area contributed by atoms with E-state index in [-0.39, 0.29) is 51.4 Å². The van der Waals surface area contributed by atoms with Gasteiger partial charge in [0, 0.05) is 0 Å². The SMILES string of the molecule is [KH].c1ncncn1. The zero-order valence-corrected chi connectivity index (χ0v) is 3.07. The fourth-order valence-corrected chi connectivity index (χ4v) is 0.205. The first kappa shape index (κ1) is 7.65. The van der Waals surface area contributed by atoms with Crippen molar-refractivity contribution in [2.24, 2.45) is 0 Å². The second-order valence-electron chi connectivity index (χ2n) is 0.794. The molecule has 0 atom stereocenters. The monoisotopic (exact) mass is 121 g/mol. The fraction of sp³-hybridized carbons (Fsp3) is 0. The fourth-order valence-electron chi connectivity index (χ4n) is 0.205. The van der Waals surface area contributed by atoms with E-state index < -0.39 is 0 Å². The van der Waals surface area contributed by atoms with Crippen molar-refractivity contribution in [2.45, 2.75) is 0 Å². The van der Waals surface area contributed by atoms with E-state index in [1.54, 1.807) is 0 Å². The first-order chi connectivity index (χ1) is 3.00. The summed E-state index contributed by atoms with van der Waals surface area (Å²) >= 11 is 0. The first-order valence-corrected chi connectivity index (χ1v) is 1.55. The third-order valence-corrected chi connectivity index (χ3v) is 0.400. The van der Waals surface area contributed by atoms with Crippen molar-refractivity contribution in [1.82, 2.24) is 15.0 Å². The molecule has 0 spiro atoms. The minimum atomic E-state index is 0. The maximum absolute atomic E-state index is 3.56. The third kappa shape index (κ3) is 3.25. The van der Waals surface area contributed by atoms with Crippen molar-refractivity contribution in [3.05, 3.63) is 19.0 Å².